The minimum absolute atomic E-state index is 0.0926. The van der Waals surface area contributed by atoms with Gasteiger partial charge in [0.05, 0.1) is 12.6 Å². The van der Waals surface area contributed by atoms with Gasteiger partial charge in [0.15, 0.2) is 0 Å². The molecule has 0 radical (unpaired) electrons. The molecule has 0 bridgehead atoms. The van der Waals surface area contributed by atoms with E-state index >= 15 is 0 Å². The van der Waals surface area contributed by atoms with Crippen LogP contribution < -0.4 is 10.6 Å². The van der Waals surface area contributed by atoms with E-state index in [0.717, 1.165) is 13.1 Å². The molecule has 1 fully saturated rings. The summed E-state index contributed by atoms with van der Waals surface area (Å²) in [4.78, 5) is 14.3. The number of carbonyl (C=O) groups is 1. The molecule has 1 aromatic carbocycles. The first-order chi connectivity index (χ1) is 10.2. The molecule has 1 aliphatic rings. The fraction of sp³-hybridized carbons (Fsp3) is 0.588. The second kappa shape index (κ2) is 8.15. The monoisotopic (exact) mass is 289 g/mol. The van der Waals surface area contributed by atoms with Gasteiger partial charge < -0.3 is 10.6 Å². The SMILES string of the molecule is CCN(CC)C(CNC(=O)CNC1CC1)c1ccccc1. The van der Waals surface area contributed by atoms with Gasteiger partial charge in [0.25, 0.3) is 0 Å². The van der Waals surface area contributed by atoms with Crippen LogP contribution in [-0.4, -0.2) is 43.0 Å². The van der Waals surface area contributed by atoms with E-state index in [1.165, 1.54) is 18.4 Å². The maximum atomic E-state index is 11.9. The number of benzene rings is 1. The van der Waals surface area contributed by atoms with E-state index in [9.17, 15) is 4.79 Å². The molecular weight excluding hydrogens is 262 g/mol. The molecular formula is C17H27N3O. The summed E-state index contributed by atoms with van der Waals surface area (Å²) in [6.07, 6.45) is 2.42. The zero-order valence-corrected chi connectivity index (χ0v) is 13.1. The Kier molecular flexibility index (Phi) is 6.21. The van der Waals surface area contributed by atoms with Crippen LogP contribution in [0.15, 0.2) is 30.3 Å². The number of likely N-dealkylation sites (N-methyl/N-ethyl adjacent to an activating group) is 1. The average molecular weight is 289 g/mol. The van der Waals surface area contributed by atoms with Gasteiger partial charge in [-0.15, -0.1) is 0 Å². The number of rotatable bonds is 9. The van der Waals surface area contributed by atoms with Crippen LogP contribution in [0.2, 0.25) is 0 Å². The number of carbonyl (C=O) groups excluding carboxylic acids is 1. The van der Waals surface area contributed by atoms with E-state index < -0.39 is 0 Å². The van der Waals surface area contributed by atoms with Gasteiger partial charge in [-0.25, -0.2) is 0 Å². The summed E-state index contributed by atoms with van der Waals surface area (Å²) in [6, 6.07) is 11.2. The Morgan fingerprint density at radius 3 is 2.48 bits per heavy atom. The van der Waals surface area contributed by atoms with Crippen molar-refractivity contribution in [3.63, 3.8) is 0 Å². The van der Waals surface area contributed by atoms with Crippen molar-refractivity contribution in [2.75, 3.05) is 26.2 Å². The van der Waals surface area contributed by atoms with Gasteiger partial charge in [-0.2, -0.15) is 0 Å². The zero-order valence-electron chi connectivity index (χ0n) is 13.1. The number of nitrogens with zero attached hydrogens (tertiary/aromatic N) is 1. The highest BCUT2D eigenvalue weighted by Crippen LogP contribution is 2.20. The maximum absolute atomic E-state index is 11.9. The van der Waals surface area contributed by atoms with E-state index in [2.05, 4.69) is 53.6 Å². The van der Waals surface area contributed by atoms with Gasteiger partial charge in [-0.3, -0.25) is 9.69 Å². The summed E-state index contributed by atoms with van der Waals surface area (Å²) >= 11 is 0. The van der Waals surface area contributed by atoms with Crippen molar-refractivity contribution in [3.05, 3.63) is 35.9 Å². The van der Waals surface area contributed by atoms with Crippen LogP contribution in [0.1, 0.15) is 38.3 Å². The molecule has 4 nitrogen and oxygen atoms in total. The van der Waals surface area contributed by atoms with Crippen LogP contribution in [0.4, 0.5) is 0 Å². The molecule has 0 aliphatic heterocycles. The number of hydrogen-bond acceptors (Lipinski definition) is 3. The third-order valence-electron chi connectivity index (χ3n) is 4.06. The summed E-state index contributed by atoms with van der Waals surface area (Å²) < 4.78 is 0. The van der Waals surface area contributed by atoms with E-state index in [4.69, 9.17) is 0 Å². The van der Waals surface area contributed by atoms with Crippen molar-refractivity contribution in [1.29, 1.82) is 0 Å². The molecule has 21 heavy (non-hydrogen) atoms. The molecule has 4 heteroatoms. The first-order valence-corrected chi connectivity index (χ1v) is 8.03. The first kappa shape index (κ1) is 16.0. The highest BCUT2D eigenvalue weighted by Gasteiger charge is 2.22. The molecule has 116 valence electrons. The van der Waals surface area contributed by atoms with Crippen LogP contribution >= 0.6 is 0 Å². The molecule has 2 N–H and O–H groups in total. The maximum Gasteiger partial charge on any atom is 0.234 e. The van der Waals surface area contributed by atoms with Crippen LogP contribution in [0.3, 0.4) is 0 Å². The molecule has 1 saturated carbocycles. The van der Waals surface area contributed by atoms with E-state index in [-0.39, 0.29) is 11.9 Å². The minimum atomic E-state index is 0.0926. The molecule has 1 amide bonds. The van der Waals surface area contributed by atoms with Gasteiger partial charge in [0.1, 0.15) is 0 Å². The van der Waals surface area contributed by atoms with Crippen molar-refractivity contribution < 1.29 is 4.79 Å². The lowest BCUT2D eigenvalue weighted by molar-refractivity contribution is -0.120. The Labute approximate surface area is 127 Å². The first-order valence-electron chi connectivity index (χ1n) is 8.03. The lowest BCUT2D eigenvalue weighted by Gasteiger charge is -2.30. The lowest BCUT2D eigenvalue weighted by atomic mass is 10.1. The van der Waals surface area contributed by atoms with E-state index in [1.54, 1.807) is 0 Å². The Bertz CT molecular complexity index is 427. The number of nitrogens with one attached hydrogen (secondary N) is 2. The summed E-state index contributed by atoms with van der Waals surface area (Å²) in [7, 11) is 0. The second-order valence-electron chi connectivity index (χ2n) is 5.61. The third-order valence-corrected chi connectivity index (χ3v) is 4.06. The number of hydrogen-bond donors (Lipinski definition) is 2. The van der Waals surface area contributed by atoms with Gasteiger partial charge in [0.2, 0.25) is 5.91 Å². The predicted octanol–water partition coefficient (Wildman–Crippen LogP) is 1.94. The largest absolute Gasteiger partial charge is 0.353 e. The smallest absolute Gasteiger partial charge is 0.234 e. The fourth-order valence-electron chi connectivity index (χ4n) is 2.59. The number of amides is 1. The van der Waals surface area contributed by atoms with E-state index in [1.807, 2.05) is 6.07 Å². The van der Waals surface area contributed by atoms with Crippen molar-refractivity contribution in [3.8, 4) is 0 Å². The van der Waals surface area contributed by atoms with Crippen molar-refractivity contribution in [2.24, 2.45) is 0 Å². The second-order valence-corrected chi connectivity index (χ2v) is 5.61. The predicted molar refractivity (Wildman–Crippen MR) is 86.1 cm³/mol. The highest BCUT2D eigenvalue weighted by molar-refractivity contribution is 5.78. The van der Waals surface area contributed by atoms with Gasteiger partial charge in [-0.1, -0.05) is 44.2 Å². The molecule has 0 saturated heterocycles. The van der Waals surface area contributed by atoms with Crippen LogP contribution in [-0.2, 0) is 4.79 Å². The minimum Gasteiger partial charge on any atom is -0.353 e. The molecule has 0 spiro atoms. The highest BCUT2D eigenvalue weighted by atomic mass is 16.1. The van der Waals surface area contributed by atoms with Crippen LogP contribution in [0, 0.1) is 0 Å². The molecule has 2 rings (SSSR count). The van der Waals surface area contributed by atoms with Crippen molar-refractivity contribution >= 4 is 5.91 Å². The van der Waals surface area contributed by atoms with Crippen molar-refractivity contribution in [1.82, 2.24) is 15.5 Å². The van der Waals surface area contributed by atoms with E-state index in [0.29, 0.717) is 19.1 Å². The molecule has 0 aromatic heterocycles. The average Bonchev–Trinajstić information content (AvgIpc) is 3.34. The third kappa shape index (κ3) is 5.14. The van der Waals surface area contributed by atoms with Crippen LogP contribution in [0.5, 0.6) is 0 Å². The molecule has 0 heterocycles. The molecule has 1 aromatic rings. The zero-order chi connectivity index (χ0) is 15.1. The van der Waals surface area contributed by atoms with Crippen molar-refractivity contribution in [2.45, 2.75) is 38.8 Å². The lowest BCUT2D eigenvalue weighted by Crippen LogP contribution is -2.41. The summed E-state index contributed by atoms with van der Waals surface area (Å²) in [5, 5.41) is 6.32. The topological polar surface area (TPSA) is 44.4 Å². The standard InChI is InChI=1S/C17H27N3O/c1-3-20(4-2)16(14-8-6-5-7-9-14)12-19-17(21)13-18-15-10-11-15/h5-9,15-16,18H,3-4,10-13H2,1-2H3,(H,19,21). The van der Waals surface area contributed by atoms with Crippen LogP contribution in [0.25, 0.3) is 0 Å². The van der Waals surface area contributed by atoms with Gasteiger partial charge in [0, 0.05) is 12.6 Å². The fourth-order valence-corrected chi connectivity index (χ4v) is 2.59. The summed E-state index contributed by atoms with van der Waals surface area (Å²) in [5.74, 6) is 0.0926. The Morgan fingerprint density at radius 1 is 1.24 bits per heavy atom. The Balaban J connectivity index is 1.90. The molecule has 1 aliphatic carbocycles. The Morgan fingerprint density at radius 2 is 1.90 bits per heavy atom. The normalized spacial score (nSPS) is 16.0. The summed E-state index contributed by atoms with van der Waals surface area (Å²) in [6.45, 7) is 7.38. The van der Waals surface area contributed by atoms with Gasteiger partial charge in [-0.05, 0) is 31.5 Å². The quantitative estimate of drug-likeness (QED) is 0.730. The Hall–Kier alpha value is -1.39. The van der Waals surface area contributed by atoms with Gasteiger partial charge >= 0.3 is 0 Å². The molecule has 1 atom stereocenters. The molecule has 1 unspecified atom stereocenters. The summed E-state index contributed by atoms with van der Waals surface area (Å²) in [5.41, 5.74) is 1.26.